The Labute approximate surface area is 123 Å². The molecule has 0 aliphatic heterocycles. The van der Waals surface area contributed by atoms with E-state index in [0.29, 0.717) is 16.8 Å². The molecule has 2 N–H and O–H groups in total. The first-order valence-corrected chi connectivity index (χ1v) is 6.70. The van der Waals surface area contributed by atoms with E-state index in [1.165, 1.54) is 0 Å². The number of hydrogen-bond acceptors (Lipinski definition) is 5. The van der Waals surface area contributed by atoms with Crippen LogP contribution < -0.4 is 15.4 Å². The van der Waals surface area contributed by atoms with Crippen LogP contribution in [0.3, 0.4) is 0 Å². The molecule has 0 amide bonds. The van der Waals surface area contributed by atoms with Crippen molar-refractivity contribution < 1.29 is 4.74 Å². The highest BCUT2D eigenvalue weighted by Gasteiger charge is 2.05. The lowest BCUT2D eigenvalue weighted by Gasteiger charge is -2.11. The van der Waals surface area contributed by atoms with E-state index < -0.39 is 0 Å². The summed E-state index contributed by atoms with van der Waals surface area (Å²) in [4.78, 5) is 8.29. The molecule has 0 aliphatic rings. The van der Waals surface area contributed by atoms with Crippen molar-refractivity contribution in [2.45, 2.75) is 20.0 Å². The Kier molecular flexibility index (Phi) is 4.63. The molecule has 20 heavy (non-hydrogen) atoms. The van der Waals surface area contributed by atoms with Crippen molar-refractivity contribution >= 4 is 29.1 Å². The van der Waals surface area contributed by atoms with Gasteiger partial charge in [-0.2, -0.15) is 4.98 Å². The van der Waals surface area contributed by atoms with Crippen LogP contribution in [0, 0.1) is 0 Å². The minimum absolute atomic E-state index is 0.156. The summed E-state index contributed by atoms with van der Waals surface area (Å²) < 4.78 is 5.59. The summed E-state index contributed by atoms with van der Waals surface area (Å²) in [5.41, 5.74) is 0.878. The first-order chi connectivity index (χ1) is 9.58. The van der Waals surface area contributed by atoms with Gasteiger partial charge < -0.3 is 15.4 Å². The Morgan fingerprint density at radius 1 is 1.20 bits per heavy atom. The maximum Gasteiger partial charge on any atom is 0.224 e. The van der Waals surface area contributed by atoms with Crippen LogP contribution in [0.5, 0.6) is 5.75 Å². The fraction of sp³-hybridized carbons (Fsp3) is 0.286. The number of nitrogens with one attached hydrogen (secondary N) is 2. The highest BCUT2D eigenvalue weighted by Crippen LogP contribution is 2.25. The Morgan fingerprint density at radius 3 is 2.50 bits per heavy atom. The van der Waals surface area contributed by atoms with Gasteiger partial charge in [-0.15, -0.1) is 0 Å². The molecule has 1 aromatic heterocycles. The predicted molar refractivity (Wildman–Crippen MR) is 82.1 cm³/mol. The molecule has 0 fully saturated rings. The third-order valence-electron chi connectivity index (χ3n) is 2.46. The molecule has 1 heterocycles. The normalized spacial score (nSPS) is 10.4. The zero-order chi connectivity index (χ0) is 14.5. The van der Waals surface area contributed by atoms with E-state index in [0.717, 1.165) is 11.4 Å². The number of rotatable bonds is 5. The van der Waals surface area contributed by atoms with Gasteiger partial charge in [0.15, 0.2) is 5.82 Å². The average molecular weight is 293 g/mol. The van der Waals surface area contributed by atoms with Crippen LogP contribution >= 0.6 is 11.6 Å². The maximum atomic E-state index is 6.06. The van der Waals surface area contributed by atoms with Crippen molar-refractivity contribution in [2.24, 2.45) is 0 Å². The number of aromatic nitrogens is 2. The second-order valence-electron chi connectivity index (χ2n) is 4.46. The van der Waals surface area contributed by atoms with E-state index >= 15 is 0 Å². The van der Waals surface area contributed by atoms with Crippen LogP contribution in [0.25, 0.3) is 0 Å². The number of ether oxygens (including phenoxy) is 1. The Hall–Kier alpha value is -2.01. The number of anilines is 3. The zero-order valence-corrected chi connectivity index (χ0v) is 12.4. The predicted octanol–water partition coefficient (Wildman–Crippen LogP) is 3.70. The molecule has 0 bridgehead atoms. The van der Waals surface area contributed by atoms with Gasteiger partial charge in [-0.05, 0) is 38.1 Å². The summed E-state index contributed by atoms with van der Waals surface area (Å²) in [6, 6.07) is 7.62. The molecular weight excluding hydrogens is 276 g/mol. The molecule has 0 saturated heterocycles. The van der Waals surface area contributed by atoms with Gasteiger partial charge in [0.05, 0.1) is 12.3 Å². The molecule has 0 spiro atoms. The van der Waals surface area contributed by atoms with Crippen molar-refractivity contribution in [1.82, 2.24) is 9.97 Å². The van der Waals surface area contributed by atoms with E-state index in [4.69, 9.17) is 16.3 Å². The molecular formula is C14H17ClN4O. The summed E-state index contributed by atoms with van der Waals surface area (Å²) in [7, 11) is 1.76. The monoisotopic (exact) mass is 292 g/mol. The van der Waals surface area contributed by atoms with E-state index in [9.17, 15) is 0 Å². The molecule has 0 saturated carbocycles. The van der Waals surface area contributed by atoms with Crippen LogP contribution in [-0.4, -0.2) is 23.1 Å². The number of nitrogens with zero attached hydrogens (tertiary/aromatic N) is 2. The van der Waals surface area contributed by atoms with Gasteiger partial charge in [-0.1, -0.05) is 11.6 Å². The van der Waals surface area contributed by atoms with Crippen LogP contribution in [0.1, 0.15) is 13.8 Å². The van der Waals surface area contributed by atoms with Gasteiger partial charge in [-0.25, -0.2) is 4.98 Å². The Bertz CT molecular complexity index is 572. The molecule has 2 aromatic rings. The highest BCUT2D eigenvalue weighted by atomic mass is 35.5. The average Bonchev–Trinajstić information content (AvgIpc) is 2.43. The van der Waals surface area contributed by atoms with Crippen LogP contribution in [0.15, 0.2) is 30.5 Å². The molecule has 2 rings (SSSR count). The van der Waals surface area contributed by atoms with Crippen LogP contribution in [-0.2, 0) is 0 Å². The molecule has 0 unspecified atom stereocenters. The van der Waals surface area contributed by atoms with Crippen LogP contribution in [0.4, 0.5) is 17.5 Å². The molecule has 0 aliphatic carbocycles. The summed E-state index contributed by atoms with van der Waals surface area (Å²) in [6.07, 6.45) is 1.71. The number of halogens is 1. The molecule has 0 radical (unpaired) electrons. The number of hydrogen-bond donors (Lipinski definition) is 2. The summed E-state index contributed by atoms with van der Waals surface area (Å²) in [6.45, 7) is 3.98. The topological polar surface area (TPSA) is 59.1 Å². The summed E-state index contributed by atoms with van der Waals surface area (Å²) >= 11 is 6.06. The van der Waals surface area contributed by atoms with Crippen LogP contribution in [0.2, 0.25) is 5.02 Å². The van der Waals surface area contributed by atoms with Crippen molar-refractivity contribution in [2.75, 3.05) is 17.7 Å². The summed E-state index contributed by atoms with van der Waals surface area (Å²) in [5.74, 6) is 1.90. The van der Waals surface area contributed by atoms with Gasteiger partial charge in [0, 0.05) is 12.7 Å². The quantitative estimate of drug-likeness (QED) is 0.880. The first-order valence-electron chi connectivity index (χ1n) is 6.32. The highest BCUT2D eigenvalue weighted by molar-refractivity contribution is 6.32. The lowest BCUT2D eigenvalue weighted by molar-refractivity contribution is 0.242. The third kappa shape index (κ3) is 3.74. The first kappa shape index (κ1) is 14.4. The van der Waals surface area contributed by atoms with Gasteiger partial charge in [0.1, 0.15) is 10.8 Å². The van der Waals surface area contributed by atoms with E-state index in [1.807, 2.05) is 38.1 Å². The Morgan fingerprint density at radius 2 is 1.90 bits per heavy atom. The number of benzene rings is 1. The lowest BCUT2D eigenvalue weighted by Crippen LogP contribution is -2.05. The largest absolute Gasteiger partial charge is 0.491 e. The summed E-state index contributed by atoms with van der Waals surface area (Å²) in [5, 5.41) is 6.48. The van der Waals surface area contributed by atoms with Gasteiger partial charge in [0.25, 0.3) is 0 Å². The van der Waals surface area contributed by atoms with Gasteiger partial charge >= 0.3 is 0 Å². The third-order valence-corrected chi connectivity index (χ3v) is 2.73. The minimum Gasteiger partial charge on any atom is -0.491 e. The standard InChI is InChI=1S/C14H17ClN4O/c1-9(2)20-11-6-4-10(5-7-11)18-13-12(15)8-17-14(16-3)19-13/h4-9H,1-3H3,(H2,16,17,18,19). The molecule has 6 heteroatoms. The van der Waals surface area contributed by atoms with Crippen molar-refractivity contribution in [3.05, 3.63) is 35.5 Å². The van der Waals surface area contributed by atoms with Crippen molar-refractivity contribution in [3.8, 4) is 5.75 Å². The van der Waals surface area contributed by atoms with Gasteiger partial charge in [-0.3, -0.25) is 0 Å². The Balaban J connectivity index is 2.13. The van der Waals surface area contributed by atoms with Gasteiger partial charge in [0.2, 0.25) is 5.95 Å². The molecule has 1 aromatic carbocycles. The smallest absolute Gasteiger partial charge is 0.224 e. The minimum atomic E-state index is 0.156. The SMILES string of the molecule is CNc1ncc(Cl)c(Nc2ccc(OC(C)C)cc2)n1. The molecule has 0 atom stereocenters. The van der Waals surface area contributed by atoms with E-state index in [2.05, 4.69) is 20.6 Å². The van der Waals surface area contributed by atoms with E-state index in [1.54, 1.807) is 13.2 Å². The van der Waals surface area contributed by atoms with Crippen molar-refractivity contribution in [1.29, 1.82) is 0 Å². The molecule has 5 nitrogen and oxygen atoms in total. The van der Waals surface area contributed by atoms with E-state index in [-0.39, 0.29) is 6.10 Å². The lowest BCUT2D eigenvalue weighted by atomic mass is 10.3. The fourth-order valence-corrected chi connectivity index (χ4v) is 1.74. The fourth-order valence-electron chi connectivity index (χ4n) is 1.60. The molecule has 106 valence electrons. The van der Waals surface area contributed by atoms with Crippen molar-refractivity contribution in [3.63, 3.8) is 0 Å². The second kappa shape index (κ2) is 6.43. The maximum absolute atomic E-state index is 6.06. The zero-order valence-electron chi connectivity index (χ0n) is 11.6. The second-order valence-corrected chi connectivity index (χ2v) is 4.86.